The van der Waals surface area contributed by atoms with Crippen LogP contribution < -0.4 is 5.32 Å². The number of hydrogen-bond acceptors (Lipinski definition) is 5. The Balaban J connectivity index is 0.00000576. The van der Waals surface area contributed by atoms with Crippen LogP contribution in [0.3, 0.4) is 0 Å². The fourth-order valence-electron chi connectivity index (χ4n) is 2.61. The highest BCUT2D eigenvalue weighted by molar-refractivity contribution is 14.0. The Morgan fingerprint density at radius 3 is 2.52 bits per heavy atom. The maximum atomic E-state index is 11.5. The number of guanidine groups is 1. The molecule has 1 heterocycles. The summed E-state index contributed by atoms with van der Waals surface area (Å²) in [6.07, 6.45) is 3.23. The lowest BCUT2D eigenvalue weighted by molar-refractivity contribution is -0.144. The van der Waals surface area contributed by atoms with Crippen molar-refractivity contribution in [3.63, 3.8) is 0 Å². The van der Waals surface area contributed by atoms with E-state index in [0.717, 1.165) is 58.1 Å². The van der Waals surface area contributed by atoms with Gasteiger partial charge in [-0.25, -0.2) is 0 Å². The summed E-state index contributed by atoms with van der Waals surface area (Å²) in [5.41, 5.74) is 0. The minimum Gasteiger partial charge on any atom is -0.469 e. The minimum absolute atomic E-state index is 0. The van der Waals surface area contributed by atoms with Crippen LogP contribution in [0.25, 0.3) is 0 Å². The van der Waals surface area contributed by atoms with Crippen molar-refractivity contribution in [3.05, 3.63) is 0 Å². The van der Waals surface area contributed by atoms with Gasteiger partial charge in [0.15, 0.2) is 5.96 Å². The van der Waals surface area contributed by atoms with Crippen LogP contribution in [0.2, 0.25) is 0 Å². The molecular weight excluding hydrogens is 437 g/mol. The van der Waals surface area contributed by atoms with Gasteiger partial charge in [-0.3, -0.25) is 9.79 Å². The number of rotatable bonds is 9. The number of nitrogens with zero attached hydrogens (tertiary/aromatic N) is 2. The summed E-state index contributed by atoms with van der Waals surface area (Å²) >= 11 is 0. The van der Waals surface area contributed by atoms with Crippen molar-refractivity contribution in [1.29, 1.82) is 0 Å². The summed E-state index contributed by atoms with van der Waals surface area (Å²) in [5.74, 6) is 0.411. The molecule has 1 atom stereocenters. The molecule has 0 spiro atoms. The second kappa shape index (κ2) is 14.5. The van der Waals surface area contributed by atoms with Gasteiger partial charge in [0.25, 0.3) is 0 Å². The molecule has 1 unspecified atom stereocenters. The smallest absolute Gasteiger partial charge is 0.310 e. The number of esters is 1. The molecule has 1 saturated heterocycles. The van der Waals surface area contributed by atoms with Crippen LogP contribution in [0.5, 0.6) is 0 Å². The number of likely N-dealkylation sites (tertiary alicyclic amines) is 1. The molecule has 0 amide bonds. The van der Waals surface area contributed by atoms with Gasteiger partial charge in [-0.1, -0.05) is 6.92 Å². The molecule has 1 N–H and O–H groups in total. The van der Waals surface area contributed by atoms with Crippen LogP contribution in [0, 0.1) is 5.92 Å². The van der Waals surface area contributed by atoms with E-state index in [1.165, 1.54) is 7.11 Å². The molecule has 0 radical (unpaired) electrons. The van der Waals surface area contributed by atoms with E-state index in [9.17, 15) is 4.79 Å². The minimum atomic E-state index is -0.231. The Kier molecular flexibility index (Phi) is 14.2. The molecular formula is C17H34IN3O4. The number of piperidine rings is 1. The van der Waals surface area contributed by atoms with E-state index in [0.29, 0.717) is 12.6 Å². The van der Waals surface area contributed by atoms with Crippen molar-refractivity contribution >= 4 is 35.9 Å². The van der Waals surface area contributed by atoms with E-state index >= 15 is 0 Å². The first-order valence-corrected chi connectivity index (χ1v) is 8.84. The first-order valence-electron chi connectivity index (χ1n) is 8.84. The van der Waals surface area contributed by atoms with Crippen molar-refractivity contribution in [3.8, 4) is 0 Å². The predicted octanol–water partition coefficient (Wildman–Crippen LogP) is 1.90. The van der Waals surface area contributed by atoms with Crippen LogP contribution in [0.15, 0.2) is 4.99 Å². The van der Waals surface area contributed by atoms with E-state index in [2.05, 4.69) is 15.2 Å². The summed E-state index contributed by atoms with van der Waals surface area (Å²) in [7, 11) is 3.12. The Bertz CT molecular complexity index is 388. The van der Waals surface area contributed by atoms with Crippen molar-refractivity contribution in [2.45, 2.75) is 39.2 Å². The van der Waals surface area contributed by atoms with E-state index in [4.69, 9.17) is 14.2 Å². The Morgan fingerprint density at radius 1 is 1.28 bits per heavy atom. The molecule has 0 bridgehead atoms. The van der Waals surface area contributed by atoms with Gasteiger partial charge in [-0.15, -0.1) is 24.0 Å². The number of ether oxygens (including phenoxy) is 3. The largest absolute Gasteiger partial charge is 0.469 e. The van der Waals surface area contributed by atoms with Crippen LogP contribution in [-0.2, 0) is 19.0 Å². The number of aliphatic imine (C=N–C) groups is 1. The summed E-state index contributed by atoms with van der Waals surface area (Å²) in [5, 5.41) is 3.31. The highest BCUT2D eigenvalue weighted by Gasteiger charge is 2.22. The molecule has 0 aliphatic carbocycles. The van der Waals surface area contributed by atoms with Crippen molar-refractivity contribution < 1.29 is 19.0 Å². The molecule has 1 fully saturated rings. The normalized spacial score (nSPS) is 17.0. The highest BCUT2D eigenvalue weighted by Crippen LogP contribution is 2.14. The van der Waals surface area contributed by atoms with E-state index in [-0.39, 0.29) is 35.9 Å². The Labute approximate surface area is 168 Å². The van der Waals surface area contributed by atoms with E-state index in [1.54, 1.807) is 7.11 Å². The molecule has 0 aromatic rings. The average molecular weight is 471 g/mol. The van der Waals surface area contributed by atoms with Crippen LogP contribution >= 0.6 is 24.0 Å². The van der Waals surface area contributed by atoms with Gasteiger partial charge in [-0.2, -0.15) is 0 Å². The monoisotopic (exact) mass is 471 g/mol. The van der Waals surface area contributed by atoms with Gasteiger partial charge in [0.05, 0.1) is 25.7 Å². The lowest BCUT2D eigenvalue weighted by atomic mass is 10.1. The zero-order chi connectivity index (χ0) is 17.8. The van der Waals surface area contributed by atoms with Gasteiger partial charge < -0.3 is 24.4 Å². The first-order chi connectivity index (χ1) is 11.6. The molecule has 1 rings (SSSR count). The average Bonchev–Trinajstić information content (AvgIpc) is 2.62. The van der Waals surface area contributed by atoms with Gasteiger partial charge >= 0.3 is 5.97 Å². The first kappa shape index (κ1) is 24.4. The summed E-state index contributed by atoms with van der Waals surface area (Å²) < 4.78 is 15.7. The number of nitrogens with one attached hydrogen (secondary N) is 1. The summed E-state index contributed by atoms with van der Waals surface area (Å²) in [4.78, 5) is 18.3. The van der Waals surface area contributed by atoms with E-state index < -0.39 is 0 Å². The van der Waals surface area contributed by atoms with Gasteiger partial charge in [-0.05, 0) is 26.2 Å². The summed E-state index contributed by atoms with van der Waals surface area (Å²) in [6.45, 7) is 8.43. The predicted molar refractivity (Wildman–Crippen MR) is 110 cm³/mol. The van der Waals surface area contributed by atoms with Crippen LogP contribution in [0.4, 0.5) is 0 Å². The molecule has 1 aliphatic rings. The third-order valence-electron chi connectivity index (χ3n) is 4.04. The van der Waals surface area contributed by atoms with Crippen LogP contribution in [-0.4, -0.2) is 76.5 Å². The lowest BCUT2D eigenvalue weighted by Gasteiger charge is -2.34. The van der Waals surface area contributed by atoms with Gasteiger partial charge in [0.1, 0.15) is 0 Å². The molecule has 0 saturated carbocycles. The number of carbonyl (C=O) groups is 1. The van der Waals surface area contributed by atoms with Gasteiger partial charge in [0.2, 0.25) is 0 Å². The SMILES string of the molecule is CCNC(=NCC(C)C(=O)OC)N1CCC(OCCCOC)CC1.I. The third-order valence-corrected chi connectivity index (χ3v) is 4.04. The summed E-state index contributed by atoms with van der Waals surface area (Å²) in [6, 6.07) is 0. The second-order valence-electron chi connectivity index (χ2n) is 6.02. The standard InChI is InChI=1S/C17H33N3O4.HI/c1-5-18-17(19-13-14(2)16(21)23-4)20-9-7-15(8-10-20)24-12-6-11-22-3;/h14-15H,5-13H2,1-4H3,(H,18,19);1H. The number of halogens is 1. The van der Waals surface area contributed by atoms with Crippen molar-refractivity contribution in [2.75, 3.05) is 53.6 Å². The second-order valence-corrected chi connectivity index (χ2v) is 6.02. The molecule has 8 heteroatoms. The fraction of sp³-hybridized carbons (Fsp3) is 0.882. The highest BCUT2D eigenvalue weighted by atomic mass is 127. The maximum Gasteiger partial charge on any atom is 0.310 e. The zero-order valence-electron chi connectivity index (χ0n) is 16.0. The Morgan fingerprint density at radius 2 is 1.96 bits per heavy atom. The fourth-order valence-corrected chi connectivity index (χ4v) is 2.61. The lowest BCUT2D eigenvalue weighted by Crippen LogP contribution is -2.47. The third kappa shape index (κ3) is 9.60. The topological polar surface area (TPSA) is 72.4 Å². The number of carbonyl (C=O) groups excluding carboxylic acids is 1. The molecule has 25 heavy (non-hydrogen) atoms. The van der Waals surface area contributed by atoms with E-state index in [1.807, 2.05) is 13.8 Å². The quantitative estimate of drug-likeness (QED) is 0.182. The molecule has 0 aromatic heterocycles. The maximum absolute atomic E-state index is 11.5. The molecule has 148 valence electrons. The Hall–Kier alpha value is -0.610. The van der Waals surface area contributed by atoms with Crippen molar-refractivity contribution in [2.24, 2.45) is 10.9 Å². The molecule has 0 aromatic carbocycles. The van der Waals surface area contributed by atoms with Crippen molar-refractivity contribution in [1.82, 2.24) is 10.2 Å². The number of hydrogen-bond donors (Lipinski definition) is 1. The van der Waals surface area contributed by atoms with Gasteiger partial charge in [0, 0.05) is 40.0 Å². The zero-order valence-corrected chi connectivity index (χ0v) is 18.3. The molecule has 7 nitrogen and oxygen atoms in total. The number of methoxy groups -OCH3 is 2. The molecule has 1 aliphatic heterocycles. The van der Waals surface area contributed by atoms with Crippen LogP contribution in [0.1, 0.15) is 33.1 Å².